The molecular formula is C21H18ClF3N6O2. The molecule has 33 heavy (non-hydrogen) atoms. The molecule has 1 aliphatic rings. The molecule has 3 heterocycles. The first-order valence-corrected chi connectivity index (χ1v) is 10.2. The van der Waals surface area contributed by atoms with Gasteiger partial charge in [-0.05, 0) is 32.0 Å². The lowest BCUT2D eigenvalue weighted by Crippen LogP contribution is -2.45. The van der Waals surface area contributed by atoms with Gasteiger partial charge in [0.2, 0.25) is 5.60 Å². The van der Waals surface area contributed by atoms with Crippen LogP contribution < -0.4 is 0 Å². The van der Waals surface area contributed by atoms with E-state index in [0.29, 0.717) is 23.3 Å². The molecule has 172 valence electrons. The van der Waals surface area contributed by atoms with E-state index >= 15 is 0 Å². The summed E-state index contributed by atoms with van der Waals surface area (Å²) in [6.45, 7) is 2.42. The lowest BCUT2D eigenvalue weighted by Gasteiger charge is -2.36. The van der Waals surface area contributed by atoms with E-state index < -0.39 is 23.6 Å². The molecule has 0 bridgehead atoms. The summed E-state index contributed by atoms with van der Waals surface area (Å²) in [7, 11) is 0. The molecule has 0 radical (unpaired) electrons. The molecule has 8 nitrogen and oxygen atoms in total. The zero-order valence-electron chi connectivity index (χ0n) is 17.5. The average Bonchev–Trinajstić information content (AvgIpc) is 3.38. The number of fused-ring (bicyclic) bond motifs is 1. The predicted molar refractivity (Wildman–Crippen MR) is 111 cm³/mol. The van der Waals surface area contributed by atoms with Crippen LogP contribution in [0.3, 0.4) is 0 Å². The van der Waals surface area contributed by atoms with Gasteiger partial charge in [0.25, 0.3) is 5.91 Å². The Morgan fingerprint density at radius 3 is 2.67 bits per heavy atom. The van der Waals surface area contributed by atoms with E-state index in [2.05, 4.69) is 10.1 Å². The number of imidazole rings is 1. The molecule has 0 unspecified atom stereocenters. The molecule has 2 aromatic heterocycles. The van der Waals surface area contributed by atoms with Crippen LogP contribution in [0.1, 0.15) is 47.3 Å². The van der Waals surface area contributed by atoms with Crippen molar-refractivity contribution in [2.75, 3.05) is 6.54 Å². The van der Waals surface area contributed by atoms with Crippen LogP contribution in [0.2, 0.25) is 5.02 Å². The normalized spacial score (nSPS) is 17.9. The van der Waals surface area contributed by atoms with Crippen LogP contribution in [-0.4, -0.2) is 48.0 Å². The lowest BCUT2D eigenvalue weighted by molar-refractivity contribution is -0.263. The highest BCUT2D eigenvalue weighted by molar-refractivity contribution is 6.30. The Bertz CT molecular complexity index is 1270. The molecule has 4 rings (SSSR count). The van der Waals surface area contributed by atoms with Gasteiger partial charge in [0.15, 0.2) is 5.82 Å². The maximum atomic E-state index is 13.4. The summed E-state index contributed by atoms with van der Waals surface area (Å²) in [6, 6.07) is 5.99. The van der Waals surface area contributed by atoms with Gasteiger partial charge in [-0.15, -0.1) is 0 Å². The number of benzene rings is 1. The number of aliphatic hydroxyl groups is 1. The summed E-state index contributed by atoms with van der Waals surface area (Å²) >= 11 is 5.92. The molecule has 3 aromatic rings. The van der Waals surface area contributed by atoms with Gasteiger partial charge in [0, 0.05) is 18.3 Å². The van der Waals surface area contributed by atoms with Crippen molar-refractivity contribution >= 4 is 17.5 Å². The number of hydrogen-bond donors (Lipinski definition) is 1. The van der Waals surface area contributed by atoms with E-state index in [4.69, 9.17) is 11.6 Å². The second-order valence-corrected chi connectivity index (χ2v) is 8.43. The fourth-order valence-electron chi connectivity index (χ4n) is 3.87. The summed E-state index contributed by atoms with van der Waals surface area (Å²) in [5, 5.41) is 23.9. The number of alkyl halides is 3. The van der Waals surface area contributed by atoms with Crippen molar-refractivity contribution in [2.24, 2.45) is 0 Å². The number of carbonyl (C=O) groups is 1. The van der Waals surface area contributed by atoms with Crippen molar-refractivity contribution in [1.29, 1.82) is 5.26 Å². The minimum atomic E-state index is -4.91. The fraction of sp³-hybridized carbons (Fsp3) is 0.333. The smallest absolute Gasteiger partial charge is 0.374 e. The highest BCUT2D eigenvalue weighted by Crippen LogP contribution is 2.40. The summed E-state index contributed by atoms with van der Waals surface area (Å²) in [6.07, 6.45) is -0.767. The summed E-state index contributed by atoms with van der Waals surface area (Å²) in [5.74, 6) is -0.886. The molecule has 2 atom stereocenters. The molecule has 0 saturated heterocycles. The predicted octanol–water partition coefficient (Wildman–Crippen LogP) is 3.58. The van der Waals surface area contributed by atoms with Crippen LogP contribution in [0.25, 0.3) is 5.69 Å². The second-order valence-electron chi connectivity index (χ2n) is 7.99. The zero-order chi connectivity index (χ0) is 24.1. The third-order valence-corrected chi connectivity index (χ3v) is 5.78. The van der Waals surface area contributed by atoms with Crippen molar-refractivity contribution in [3.8, 4) is 11.8 Å². The topological polar surface area (TPSA) is 100.0 Å². The van der Waals surface area contributed by atoms with Gasteiger partial charge < -0.3 is 14.6 Å². The Kier molecular flexibility index (Phi) is 5.46. The van der Waals surface area contributed by atoms with Crippen LogP contribution >= 0.6 is 11.6 Å². The molecule has 0 saturated carbocycles. The first kappa shape index (κ1) is 22.8. The van der Waals surface area contributed by atoms with Gasteiger partial charge in [-0.25, -0.2) is 9.67 Å². The van der Waals surface area contributed by atoms with Gasteiger partial charge >= 0.3 is 6.18 Å². The quantitative estimate of drug-likeness (QED) is 0.620. The third-order valence-electron chi connectivity index (χ3n) is 5.59. The number of halogens is 4. The first-order valence-electron chi connectivity index (χ1n) is 9.83. The monoisotopic (exact) mass is 478 g/mol. The van der Waals surface area contributed by atoms with Gasteiger partial charge in [-0.2, -0.15) is 23.5 Å². The molecule has 12 heteroatoms. The highest BCUT2D eigenvalue weighted by Gasteiger charge is 2.55. The summed E-state index contributed by atoms with van der Waals surface area (Å²) < 4.78 is 42.8. The zero-order valence-corrected chi connectivity index (χ0v) is 18.3. The number of hydrogen-bond acceptors (Lipinski definition) is 5. The lowest BCUT2D eigenvalue weighted by atomic mass is 10.0. The molecule has 0 fully saturated rings. The fourth-order valence-corrected chi connectivity index (χ4v) is 4.01. The minimum absolute atomic E-state index is 0.00699. The molecular weight excluding hydrogens is 461 g/mol. The Morgan fingerprint density at radius 1 is 1.33 bits per heavy atom. The first-order chi connectivity index (χ1) is 15.4. The van der Waals surface area contributed by atoms with Crippen molar-refractivity contribution in [3.05, 3.63) is 64.5 Å². The maximum Gasteiger partial charge on any atom is 0.424 e. The van der Waals surface area contributed by atoms with Crippen LogP contribution in [-0.2, 0) is 12.1 Å². The van der Waals surface area contributed by atoms with E-state index in [1.165, 1.54) is 50.9 Å². The Hall–Kier alpha value is -3.36. The molecule has 1 aliphatic heterocycles. The highest BCUT2D eigenvalue weighted by atomic mass is 35.5. The van der Waals surface area contributed by atoms with E-state index in [0.717, 1.165) is 0 Å². The average molecular weight is 479 g/mol. The van der Waals surface area contributed by atoms with E-state index in [-0.39, 0.29) is 30.1 Å². The number of nitriles is 1. The number of nitrogens with zero attached hydrogens (tertiary/aromatic N) is 6. The number of aromatic nitrogens is 4. The van der Waals surface area contributed by atoms with E-state index in [9.17, 15) is 28.3 Å². The Balaban J connectivity index is 1.66. The van der Waals surface area contributed by atoms with Crippen LogP contribution in [0, 0.1) is 11.3 Å². The number of carbonyl (C=O) groups excluding carboxylic acids is 1. The molecule has 1 aromatic carbocycles. The second kappa shape index (κ2) is 7.90. The largest absolute Gasteiger partial charge is 0.424 e. The van der Waals surface area contributed by atoms with E-state index in [1.807, 2.05) is 6.07 Å². The van der Waals surface area contributed by atoms with Crippen LogP contribution in [0.4, 0.5) is 13.2 Å². The van der Waals surface area contributed by atoms with Crippen molar-refractivity contribution in [1.82, 2.24) is 24.2 Å². The maximum absolute atomic E-state index is 13.4. The van der Waals surface area contributed by atoms with Crippen molar-refractivity contribution < 1.29 is 23.1 Å². The van der Waals surface area contributed by atoms with Gasteiger partial charge in [0.05, 0.1) is 46.9 Å². The summed E-state index contributed by atoms with van der Waals surface area (Å²) in [4.78, 5) is 18.5. The number of rotatable bonds is 3. The molecule has 0 spiro atoms. The van der Waals surface area contributed by atoms with Crippen LogP contribution in [0.15, 0.2) is 36.8 Å². The third kappa shape index (κ3) is 3.85. The van der Waals surface area contributed by atoms with Gasteiger partial charge in [-0.1, -0.05) is 11.6 Å². The Morgan fingerprint density at radius 2 is 2.06 bits per heavy atom. The standard InChI is InChI=1S/C21H18ClF3N6O2/c1-12-9-29(11-16-8-27-19(31(12)16)20(2,33)21(23,24)25)18(32)13-3-4-14(6-26)17(5-13)30-10-15(22)7-28-30/h3-5,7-8,10,12,33H,9,11H2,1-2H3/t12-,20+/m0/s1. The SMILES string of the molecule is C[C@H]1CN(C(=O)c2ccc(C#N)c(-n3cc(Cl)cn3)c2)Cc2cnc([C@@](C)(O)C(F)(F)F)n21. The van der Waals surface area contributed by atoms with Crippen molar-refractivity contribution in [2.45, 2.75) is 38.2 Å². The Labute approximate surface area is 191 Å². The minimum Gasteiger partial charge on any atom is -0.374 e. The van der Waals surface area contributed by atoms with Gasteiger partial charge in [0.1, 0.15) is 6.07 Å². The van der Waals surface area contributed by atoms with Gasteiger partial charge in [-0.3, -0.25) is 4.79 Å². The molecule has 1 N–H and O–H groups in total. The molecule has 1 amide bonds. The van der Waals surface area contributed by atoms with Crippen LogP contribution in [0.5, 0.6) is 0 Å². The molecule has 0 aliphatic carbocycles. The number of amides is 1. The summed E-state index contributed by atoms with van der Waals surface area (Å²) in [5.41, 5.74) is -1.82. The van der Waals surface area contributed by atoms with E-state index in [1.54, 1.807) is 6.92 Å². The van der Waals surface area contributed by atoms with Crippen molar-refractivity contribution in [3.63, 3.8) is 0 Å².